The Morgan fingerprint density at radius 3 is 2.83 bits per heavy atom. The quantitative estimate of drug-likeness (QED) is 0.837. The fraction of sp³-hybridized carbons (Fsp3) is 0.500. The Kier molecular flexibility index (Phi) is 6.50. The largest absolute Gasteiger partial charge is 0.330 e. The number of hydrogen-bond acceptors (Lipinski definition) is 2. The highest BCUT2D eigenvalue weighted by Crippen LogP contribution is 2.21. The van der Waals surface area contributed by atoms with E-state index in [0.717, 1.165) is 12.8 Å². The second-order valence-electron chi connectivity index (χ2n) is 4.65. The lowest BCUT2D eigenvalue weighted by Gasteiger charge is -2.09. The molecular formula is C14H19BrFNO. The first-order valence-electron chi connectivity index (χ1n) is 6.19. The van der Waals surface area contributed by atoms with Crippen molar-refractivity contribution < 1.29 is 9.18 Å². The number of hydrogen-bond donors (Lipinski definition) is 1. The van der Waals surface area contributed by atoms with Crippen molar-refractivity contribution in [2.45, 2.75) is 32.6 Å². The van der Waals surface area contributed by atoms with Gasteiger partial charge in [-0.25, -0.2) is 4.39 Å². The van der Waals surface area contributed by atoms with Crippen molar-refractivity contribution in [1.82, 2.24) is 0 Å². The number of carbonyl (C=O) groups is 1. The summed E-state index contributed by atoms with van der Waals surface area (Å²) in [7, 11) is 0. The molecule has 18 heavy (non-hydrogen) atoms. The van der Waals surface area contributed by atoms with E-state index in [0.29, 0.717) is 28.9 Å². The zero-order valence-corrected chi connectivity index (χ0v) is 12.2. The minimum absolute atomic E-state index is 0.144. The summed E-state index contributed by atoms with van der Waals surface area (Å²) in [6.45, 7) is 2.75. The molecule has 0 amide bonds. The Hall–Kier alpha value is -0.740. The smallest absolute Gasteiger partial charge is 0.137 e. The Balaban J connectivity index is 2.47. The van der Waals surface area contributed by atoms with Crippen LogP contribution in [0.1, 0.15) is 31.7 Å². The van der Waals surface area contributed by atoms with Gasteiger partial charge in [0.2, 0.25) is 0 Å². The van der Waals surface area contributed by atoms with Crippen LogP contribution in [0.4, 0.5) is 4.39 Å². The number of ketones is 1. The Labute approximate surface area is 116 Å². The molecule has 2 nitrogen and oxygen atoms in total. The lowest BCUT2D eigenvalue weighted by atomic mass is 9.98. The van der Waals surface area contributed by atoms with Crippen LogP contribution >= 0.6 is 15.9 Å². The summed E-state index contributed by atoms with van der Waals surface area (Å²) in [5.41, 5.74) is 6.18. The highest BCUT2D eigenvalue weighted by Gasteiger charge is 2.11. The molecule has 0 aliphatic carbocycles. The minimum atomic E-state index is -0.322. The van der Waals surface area contributed by atoms with E-state index < -0.39 is 0 Å². The van der Waals surface area contributed by atoms with E-state index in [-0.39, 0.29) is 18.0 Å². The Bertz CT molecular complexity index is 409. The molecule has 4 heteroatoms. The van der Waals surface area contributed by atoms with Crippen LogP contribution in [0.25, 0.3) is 0 Å². The van der Waals surface area contributed by atoms with Crippen molar-refractivity contribution in [2.75, 3.05) is 6.54 Å². The molecule has 0 spiro atoms. The van der Waals surface area contributed by atoms with Crippen LogP contribution in [-0.4, -0.2) is 12.3 Å². The highest BCUT2D eigenvalue weighted by molar-refractivity contribution is 9.10. The molecule has 0 radical (unpaired) electrons. The average Bonchev–Trinajstić information content (AvgIpc) is 2.33. The van der Waals surface area contributed by atoms with Crippen LogP contribution in [0, 0.1) is 11.7 Å². The van der Waals surface area contributed by atoms with Gasteiger partial charge in [0, 0.05) is 12.8 Å². The lowest BCUT2D eigenvalue weighted by Crippen LogP contribution is -2.09. The van der Waals surface area contributed by atoms with Gasteiger partial charge in [-0.05, 0) is 52.9 Å². The standard InChI is InChI=1S/C14H19BrFNO/c1-10(7-8-17)5-6-12(18)9-11-3-2-4-13(16)14(11)15/h2-4,10H,5-9,17H2,1H3. The van der Waals surface area contributed by atoms with E-state index in [1.54, 1.807) is 12.1 Å². The topological polar surface area (TPSA) is 43.1 Å². The van der Waals surface area contributed by atoms with Crippen molar-refractivity contribution >= 4 is 21.7 Å². The fourth-order valence-corrected chi connectivity index (χ4v) is 2.23. The monoisotopic (exact) mass is 315 g/mol. The van der Waals surface area contributed by atoms with Crippen LogP contribution in [0.2, 0.25) is 0 Å². The van der Waals surface area contributed by atoms with Crippen LogP contribution in [0.3, 0.4) is 0 Å². The number of halogens is 2. The van der Waals surface area contributed by atoms with Gasteiger partial charge in [0.1, 0.15) is 11.6 Å². The molecule has 1 unspecified atom stereocenters. The number of carbonyl (C=O) groups excluding carboxylic acids is 1. The fourth-order valence-electron chi connectivity index (χ4n) is 1.82. The zero-order chi connectivity index (χ0) is 13.5. The molecule has 0 bridgehead atoms. The zero-order valence-electron chi connectivity index (χ0n) is 10.6. The van der Waals surface area contributed by atoms with Gasteiger partial charge >= 0.3 is 0 Å². The van der Waals surface area contributed by atoms with Crippen molar-refractivity contribution in [3.8, 4) is 0 Å². The second kappa shape index (κ2) is 7.64. The molecule has 1 atom stereocenters. The highest BCUT2D eigenvalue weighted by atomic mass is 79.9. The molecule has 2 N–H and O–H groups in total. The molecule has 0 aromatic heterocycles. The molecule has 1 rings (SSSR count). The summed E-state index contributed by atoms with van der Waals surface area (Å²) >= 11 is 3.17. The summed E-state index contributed by atoms with van der Waals surface area (Å²) in [5.74, 6) is 0.289. The number of benzene rings is 1. The summed E-state index contributed by atoms with van der Waals surface area (Å²) in [5, 5.41) is 0. The van der Waals surface area contributed by atoms with Crippen LogP contribution in [0.5, 0.6) is 0 Å². The van der Waals surface area contributed by atoms with E-state index >= 15 is 0 Å². The van der Waals surface area contributed by atoms with Crippen LogP contribution in [0.15, 0.2) is 22.7 Å². The first kappa shape index (κ1) is 15.3. The summed E-state index contributed by atoms with van der Waals surface area (Å²) in [6, 6.07) is 4.77. The van der Waals surface area contributed by atoms with E-state index in [1.807, 2.05) is 0 Å². The molecule has 0 saturated carbocycles. The maximum atomic E-state index is 13.3. The van der Waals surface area contributed by atoms with Crippen molar-refractivity contribution in [3.63, 3.8) is 0 Å². The summed E-state index contributed by atoms with van der Waals surface area (Å²) in [6.07, 6.45) is 2.61. The number of rotatable bonds is 7. The maximum Gasteiger partial charge on any atom is 0.137 e. The van der Waals surface area contributed by atoms with Gasteiger partial charge in [-0.2, -0.15) is 0 Å². The van der Waals surface area contributed by atoms with Gasteiger partial charge in [-0.3, -0.25) is 4.79 Å². The first-order valence-corrected chi connectivity index (χ1v) is 6.98. The molecule has 0 aliphatic rings. The Morgan fingerprint density at radius 1 is 1.44 bits per heavy atom. The van der Waals surface area contributed by atoms with Crippen LogP contribution < -0.4 is 5.73 Å². The molecule has 0 heterocycles. The van der Waals surface area contributed by atoms with Crippen LogP contribution in [-0.2, 0) is 11.2 Å². The van der Waals surface area contributed by atoms with Crippen molar-refractivity contribution in [1.29, 1.82) is 0 Å². The van der Waals surface area contributed by atoms with Crippen molar-refractivity contribution in [3.05, 3.63) is 34.1 Å². The molecule has 0 saturated heterocycles. The normalized spacial score (nSPS) is 12.4. The SMILES string of the molecule is CC(CCN)CCC(=O)Cc1cccc(F)c1Br. The maximum absolute atomic E-state index is 13.3. The van der Waals surface area contributed by atoms with E-state index in [4.69, 9.17) is 5.73 Å². The third-order valence-electron chi connectivity index (χ3n) is 2.99. The van der Waals surface area contributed by atoms with E-state index in [1.165, 1.54) is 6.07 Å². The summed E-state index contributed by atoms with van der Waals surface area (Å²) < 4.78 is 13.7. The molecule has 1 aromatic carbocycles. The van der Waals surface area contributed by atoms with Crippen molar-refractivity contribution in [2.24, 2.45) is 11.7 Å². The molecule has 1 aromatic rings. The first-order chi connectivity index (χ1) is 8.54. The predicted molar refractivity (Wildman–Crippen MR) is 74.9 cm³/mol. The van der Waals surface area contributed by atoms with E-state index in [9.17, 15) is 9.18 Å². The van der Waals surface area contributed by atoms with Gasteiger partial charge in [0.05, 0.1) is 4.47 Å². The predicted octanol–water partition coefficient (Wildman–Crippen LogP) is 3.46. The molecule has 100 valence electrons. The van der Waals surface area contributed by atoms with E-state index in [2.05, 4.69) is 22.9 Å². The van der Waals surface area contributed by atoms with Gasteiger partial charge in [0.25, 0.3) is 0 Å². The lowest BCUT2D eigenvalue weighted by molar-refractivity contribution is -0.118. The van der Waals surface area contributed by atoms with Gasteiger partial charge in [0.15, 0.2) is 0 Å². The van der Waals surface area contributed by atoms with Gasteiger partial charge in [-0.15, -0.1) is 0 Å². The van der Waals surface area contributed by atoms with Gasteiger partial charge < -0.3 is 5.73 Å². The average molecular weight is 316 g/mol. The second-order valence-corrected chi connectivity index (χ2v) is 5.44. The summed E-state index contributed by atoms with van der Waals surface area (Å²) in [4.78, 5) is 11.8. The number of nitrogens with two attached hydrogens (primary N) is 1. The molecule has 0 fully saturated rings. The number of Topliss-reactive ketones (excluding diaryl/α,β-unsaturated/α-hetero) is 1. The molecular weight excluding hydrogens is 297 g/mol. The molecule has 0 aliphatic heterocycles. The Morgan fingerprint density at radius 2 is 2.17 bits per heavy atom. The van der Waals surface area contributed by atoms with Gasteiger partial charge in [-0.1, -0.05) is 19.1 Å². The minimum Gasteiger partial charge on any atom is -0.330 e. The third kappa shape index (κ3) is 4.86. The third-order valence-corrected chi connectivity index (χ3v) is 3.88.